The Morgan fingerprint density at radius 2 is 1.58 bits per heavy atom. The molecule has 0 bridgehead atoms. The van der Waals surface area contributed by atoms with Crippen LogP contribution in [-0.2, 0) is 10.8 Å². The van der Waals surface area contributed by atoms with Crippen LogP contribution in [0.25, 0.3) is 0 Å². The number of phenolic OH excluding ortho intramolecular Hbond substituents is 1. The summed E-state index contributed by atoms with van der Waals surface area (Å²) in [5, 5.41) is 11.0. The van der Waals surface area contributed by atoms with Crippen LogP contribution in [0.3, 0.4) is 0 Å². The van der Waals surface area contributed by atoms with Gasteiger partial charge in [-0.15, -0.1) is 11.8 Å². The summed E-state index contributed by atoms with van der Waals surface area (Å²) in [7, 11) is 0. The molecule has 0 aliphatic rings. The zero-order valence-corrected chi connectivity index (χ0v) is 18.1. The number of aromatic hydroxyl groups is 1. The Kier molecular flexibility index (Phi) is 5.92. The number of para-hydroxylation sites is 1. The van der Waals surface area contributed by atoms with Gasteiger partial charge in [0.1, 0.15) is 5.75 Å². The van der Waals surface area contributed by atoms with E-state index in [0.29, 0.717) is 5.75 Å². The molecule has 0 unspecified atom stereocenters. The van der Waals surface area contributed by atoms with Gasteiger partial charge < -0.3 is 5.11 Å². The van der Waals surface area contributed by atoms with Crippen molar-refractivity contribution in [3.8, 4) is 5.75 Å². The third-order valence-electron chi connectivity index (χ3n) is 4.55. The van der Waals surface area contributed by atoms with E-state index in [1.54, 1.807) is 11.8 Å². The second kappa shape index (κ2) is 7.48. The lowest BCUT2D eigenvalue weighted by molar-refractivity contribution is 0.443. The number of hydrogen-bond donors (Lipinski definition) is 1. The van der Waals surface area contributed by atoms with Crippen LogP contribution in [0.1, 0.15) is 65.2 Å². The molecule has 0 aliphatic carbocycles. The van der Waals surface area contributed by atoms with Gasteiger partial charge in [-0.25, -0.2) is 0 Å². The first kappa shape index (κ1) is 20.6. The lowest BCUT2D eigenvalue weighted by Crippen LogP contribution is -2.18. The van der Waals surface area contributed by atoms with Gasteiger partial charge >= 0.3 is 0 Å². The van der Waals surface area contributed by atoms with Crippen molar-refractivity contribution in [2.75, 3.05) is 6.26 Å². The van der Waals surface area contributed by atoms with Crippen LogP contribution < -0.4 is 0 Å². The largest absolute Gasteiger partial charge is 0.507 e. The second-order valence-electron chi connectivity index (χ2n) is 8.79. The summed E-state index contributed by atoms with van der Waals surface area (Å²) in [6, 6.07) is 12.3. The van der Waals surface area contributed by atoms with Gasteiger partial charge in [0.25, 0.3) is 0 Å². The van der Waals surface area contributed by atoms with Gasteiger partial charge in [-0.3, -0.25) is 4.99 Å². The van der Waals surface area contributed by atoms with Crippen molar-refractivity contribution in [1.82, 2.24) is 0 Å². The van der Waals surface area contributed by atoms with E-state index in [1.807, 2.05) is 25.1 Å². The van der Waals surface area contributed by atoms with Crippen LogP contribution in [0.2, 0.25) is 0 Å². The molecule has 2 rings (SSSR count). The molecule has 0 aliphatic heterocycles. The van der Waals surface area contributed by atoms with Crippen LogP contribution in [0.15, 0.2) is 46.3 Å². The Labute approximate surface area is 162 Å². The predicted octanol–water partition coefficient (Wildman–Crippen LogP) is 6.85. The Balaban J connectivity index is 2.69. The molecule has 140 valence electrons. The molecule has 0 saturated heterocycles. The van der Waals surface area contributed by atoms with Crippen LogP contribution >= 0.6 is 11.8 Å². The summed E-state index contributed by atoms with van der Waals surface area (Å²) >= 11 is 1.68. The highest BCUT2D eigenvalue weighted by molar-refractivity contribution is 7.98. The van der Waals surface area contributed by atoms with Gasteiger partial charge in [0.2, 0.25) is 0 Å². The van der Waals surface area contributed by atoms with Crippen molar-refractivity contribution in [2.45, 2.75) is 64.2 Å². The quantitative estimate of drug-likeness (QED) is 0.474. The third-order valence-corrected chi connectivity index (χ3v) is 5.33. The topological polar surface area (TPSA) is 32.6 Å². The Morgan fingerprint density at radius 3 is 2.12 bits per heavy atom. The molecule has 0 saturated carbocycles. The zero-order chi connectivity index (χ0) is 19.7. The molecule has 2 aromatic carbocycles. The summed E-state index contributed by atoms with van der Waals surface area (Å²) in [5.74, 6) is 0.341. The van der Waals surface area contributed by atoms with Crippen molar-refractivity contribution in [1.29, 1.82) is 0 Å². The number of hydrogen-bond acceptors (Lipinski definition) is 3. The number of rotatable bonds is 3. The van der Waals surface area contributed by atoms with Crippen molar-refractivity contribution in [3.63, 3.8) is 0 Å². The molecule has 26 heavy (non-hydrogen) atoms. The standard InChI is InChI=1S/C23H31NOS/c1-15(24-19-11-9-10-12-20(19)26-8)17-13-16(22(2,3)4)14-18(21(17)25)23(5,6)7/h9-14,25H,1-8H3/b24-15+. The normalized spacial score (nSPS) is 13.2. The molecule has 0 aromatic heterocycles. The van der Waals surface area contributed by atoms with Crippen molar-refractivity contribution >= 4 is 23.2 Å². The van der Waals surface area contributed by atoms with Crippen molar-refractivity contribution in [2.24, 2.45) is 4.99 Å². The predicted molar refractivity (Wildman–Crippen MR) is 116 cm³/mol. The second-order valence-corrected chi connectivity index (χ2v) is 9.64. The fourth-order valence-electron chi connectivity index (χ4n) is 2.88. The number of benzene rings is 2. The highest BCUT2D eigenvalue weighted by Gasteiger charge is 2.25. The molecule has 2 aromatic rings. The number of aliphatic imine (C=N–C) groups is 1. The van der Waals surface area contributed by atoms with E-state index in [0.717, 1.165) is 27.4 Å². The molecule has 3 heteroatoms. The first-order valence-electron chi connectivity index (χ1n) is 9.02. The van der Waals surface area contributed by atoms with Crippen LogP contribution in [-0.4, -0.2) is 17.1 Å². The summed E-state index contributed by atoms with van der Waals surface area (Å²) in [6.07, 6.45) is 2.05. The van der Waals surface area contributed by atoms with Gasteiger partial charge in [0.05, 0.1) is 5.69 Å². The Morgan fingerprint density at radius 1 is 0.962 bits per heavy atom. The molecule has 0 heterocycles. The fourth-order valence-corrected chi connectivity index (χ4v) is 3.42. The van der Waals surface area contributed by atoms with E-state index in [1.165, 1.54) is 5.56 Å². The lowest BCUT2D eigenvalue weighted by Gasteiger charge is -2.27. The zero-order valence-electron chi connectivity index (χ0n) is 17.3. The maximum Gasteiger partial charge on any atom is 0.128 e. The number of phenols is 1. The highest BCUT2D eigenvalue weighted by Crippen LogP contribution is 2.38. The monoisotopic (exact) mass is 369 g/mol. The van der Waals surface area contributed by atoms with Crippen LogP contribution in [0, 0.1) is 0 Å². The van der Waals surface area contributed by atoms with Crippen molar-refractivity contribution < 1.29 is 5.11 Å². The first-order chi connectivity index (χ1) is 11.9. The minimum atomic E-state index is -0.141. The van der Waals surface area contributed by atoms with Gasteiger partial charge in [-0.1, -0.05) is 59.7 Å². The SMILES string of the molecule is CSc1ccccc1/N=C(\C)c1cc(C(C)(C)C)cc(C(C)(C)C)c1O. The summed E-state index contributed by atoms with van der Waals surface area (Å²) < 4.78 is 0. The summed E-state index contributed by atoms with van der Waals surface area (Å²) in [6.45, 7) is 15.0. The van der Waals surface area contributed by atoms with E-state index in [9.17, 15) is 5.11 Å². The van der Waals surface area contributed by atoms with Gasteiger partial charge in [-0.2, -0.15) is 0 Å². The number of nitrogens with zero attached hydrogens (tertiary/aromatic N) is 1. The van der Waals surface area contributed by atoms with E-state index in [2.05, 4.69) is 66.0 Å². The van der Waals surface area contributed by atoms with Crippen LogP contribution in [0.5, 0.6) is 5.75 Å². The maximum atomic E-state index is 11.0. The molecule has 0 radical (unpaired) electrons. The van der Waals surface area contributed by atoms with E-state index < -0.39 is 0 Å². The van der Waals surface area contributed by atoms with E-state index in [4.69, 9.17) is 4.99 Å². The molecule has 0 fully saturated rings. The fraction of sp³-hybridized carbons (Fsp3) is 0.435. The molecule has 0 amide bonds. The molecule has 2 nitrogen and oxygen atoms in total. The summed E-state index contributed by atoms with van der Waals surface area (Å²) in [5.41, 5.74) is 4.63. The molecule has 0 atom stereocenters. The lowest BCUT2D eigenvalue weighted by atomic mass is 9.78. The molecule has 1 N–H and O–H groups in total. The number of thioether (sulfide) groups is 1. The Hall–Kier alpha value is -1.74. The van der Waals surface area contributed by atoms with Gasteiger partial charge in [-0.05, 0) is 47.8 Å². The van der Waals surface area contributed by atoms with E-state index >= 15 is 0 Å². The van der Waals surface area contributed by atoms with Gasteiger partial charge in [0, 0.05) is 21.7 Å². The average molecular weight is 370 g/mol. The first-order valence-corrected chi connectivity index (χ1v) is 10.2. The molecular formula is C23H31NOS. The average Bonchev–Trinajstić information content (AvgIpc) is 2.53. The smallest absolute Gasteiger partial charge is 0.128 e. The minimum Gasteiger partial charge on any atom is -0.507 e. The molecule has 0 spiro atoms. The van der Waals surface area contributed by atoms with Gasteiger partial charge in [0.15, 0.2) is 0 Å². The highest BCUT2D eigenvalue weighted by atomic mass is 32.2. The maximum absolute atomic E-state index is 11.0. The third kappa shape index (κ3) is 4.50. The van der Waals surface area contributed by atoms with Crippen LogP contribution in [0.4, 0.5) is 5.69 Å². The van der Waals surface area contributed by atoms with Crippen molar-refractivity contribution in [3.05, 3.63) is 53.1 Å². The Bertz CT molecular complexity index is 823. The van der Waals surface area contributed by atoms with E-state index in [-0.39, 0.29) is 10.8 Å². The molecular weight excluding hydrogens is 338 g/mol. The summed E-state index contributed by atoms with van der Waals surface area (Å²) in [4.78, 5) is 5.98. The minimum absolute atomic E-state index is 0.0000916.